The molecule has 6 heterocycles. The molecule has 0 radical (unpaired) electrons. The molecule has 0 amide bonds. The van der Waals surface area contributed by atoms with Gasteiger partial charge in [0.25, 0.3) is 0 Å². The quantitative estimate of drug-likeness (QED) is 0.186. The summed E-state index contributed by atoms with van der Waals surface area (Å²) in [6, 6.07) is 43.5. The molecule has 47 heavy (non-hydrogen) atoms. The van der Waals surface area contributed by atoms with E-state index in [4.69, 9.17) is 4.98 Å². The van der Waals surface area contributed by atoms with Crippen molar-refractivity contribution in [2.24, 2.45) is 0 Å². The van der Waals surface area contributed by atoms with Gasteiger partial charge >= 0.3 is 0 Å². The van der Waals surface area contributed by atoms with E-state index >= 15 is 0 Å². The van der Waals surface area contributed by atoms with Gasteiger partial charge in [-0.15, -0.1) is 0 Å². The Balaban J connectivity index is 1.41. The smallest absolute Gasteiger partial charge is 0.146 e. The van der Waals surface area contributed by atoms with Crippen molar-refractivity contribution in [3.63, 3.8) is 0 Å². The predicted octanol–water partition coefficient (Wildman–Crippen LogP) is 9.78. The van der Waals surface area contributed by atoms with Gasteiger partial charge < -0.3 is 9.13 Å². The van der Waals surface area contributed by atoms with E-state index in [2.05, 4.69) is 139 Å². The number of benzene rings is 5. The summed E-state index contributed by atoms with van der Waals surface area (Å²) in [6.07, 6.45) is 7.57. The lowest BCUT2D eigenvalue weighted by Crippen LogP contribution is -1.97. The molecule has 0 spiro atoms. The molecule has 0 N–H and O–H groups in total. The number of rotatable bonds is 2. The second-order valence-electron chi connectivity index (χ2n) is 12.2. The minimum atomic E-state index is 0.917. The van der Waals surface area contributed by atoms with Gasteiger partial charge in [0.05, 0.1) is 44.8 Å². The highest BCUT2D eigenvalue weighted by molar-refractivity contribution is 6.29. The Morgan fingerprint density at radius 2 is 1.11 bits per heavy atom. The van der Waals surface area contributed by atoms with Crippen LogP contribution in [0.2, 0.25) is 0 Å². The number of aromatic nitrogens is 6. The third-order valence-electron chi connectivity index (χ3n) is 9.76. The van der Waals surface area contributed by atoms with E-state index in [1.54, 1.807) is 0 Å². The first-order valence-corrected chi connectivity index (χ1v) is 15.8. The molecule has 0 unspecified atom stereocenters. The second-order valence-corrected chi connectivity index (χ2v) is 12.2. The topological polar surface area (TPSA) is 52.9 Å². The molecule has 11 rings (SSSR count). The summed E-state index contributed by atoms with van der Waals surface area (Å²) in [6.45, 7) is 0. The molecule has 0 aliphatic carbocycles. The van der Waals surface area contributed by atoms with Gasteiger partial charge in [-0.3, -0.25) is 14.4 Å². The molecule has 0 saturated carbocycles. The largest absolute Gasteiger partial charge is 0.309 e. The lowest BCUT2D eigenvalue weighted by molar-refractivity contribution is 1.17. The normalized spacial score (nSPS) is 12.3. The molecule has 0 fully saturated rings. The number of fused-ring (bicyclic) bond motifs is 15. The van der Waals surface area contributed by atoms with Crippen molar-refractivity contribution in [1.82, 2.24) is 28.5 Å². The Bertz CT molecular complexity index is 3060. The molecular formula is C41H24N6. The first-order chi connectivity index (χ1) is 23.3. The predicted molar refractivity (Wildman–Crippen MR) is 192 cm³/mol. The van der Waals surface area contributed by atoms with Crippen LogP contribution in [0.5, 0.6) is 0 Å². The van der Waals surface area contributed by atoms with Crippen molar-refractivity contribution in [3.05, 3.63) is 146 Å². The third-order valence-corrected chi connectivity index (χ3v) is 9.76. The van der Waals surface area contributed by atoms with Crippen LogP contribution in [0.1, 0.15) is 0 Å². The van der Waals surface area contributed by atoms with Gasteiger partial charge in [-0.1, -0.05) is 60.7 Å². The van der Waals surface area contributed by atoms with E-state index in [1.165, 1.54) is 32.6 Å². The molecule has 0 atom stereocenters. The Labute approximate surface area is 267 Å². The summed E-state index contributed by atoms with van der Waals surface area (Å²) in [4.78, 5) is 14.3. The van der Waals surface area contributed by atoms with Gasteiger partial charge in [0, 0.05) is 67.7 Å². The Hall–Kier alpha value is -6.53. The van der Waals surface area contributed by atoms with E-state index < -0.39 is 0 Å². The zero-order valence-corrected chi connectivity index (χ0v) is 25.0. The van der Waals surface area contributed by atoms with Crippen LogP contribution < -0.4 is 0 Å². The number of pyridine rings is 3. The van der Waals surface area contributed by atoms with Crippen LogP contribution in [0.15, 0.2) is 146 Å². The molecule has 5 aromatic carbocycles. The summed E-state index contributed by atoms with van der Waals surface area (Å²) in [5.41, 5.74) is 10.8. The zero-order valence-electron chi connectivity index (χ0n) is 25.0. The molecule has 11 aromatic rings. The van der Waals surface area contributed by atoms with Gasteiger partial charge in [-0.05, 0) is 60.7 Å². The van der Waals surface area contributed by atoms with Gasteiger partial charge in [0.1, 0.15) is 5.65 Å². The average molecular weight is 601 g/mol. The van der Waals surface area contributed by atoms with Crippen molar-refractivity contribution in [2.45, 2.75) is 0 Å². The van der Waals surface area contributed by atoms with E-state index in [0.29, 0.717) is 0 Å². The second kappa shape index (κ2) is 9.02. The van der Waals surface area contributed by atoms with Crippen molar-refractivity contribution in [3.8, 4) is 11.4 Å². The molecule has 0 saturated heterocycles. The van der Waals surface area contributed by atoms with E-state index in [0.717, 1.165) is 60.8 Å². The van der Waals surface area contributed by atoms with Crippen LogP contribution in [0, 0.1) is 0 Å². The zero-order chi connectivity index (χ0) is 30.6. The molecule has 0 aliphatic rings. The Kier molecular flexibility index (Phi) is 4.75. The van der Waals surface area contributed by atoms with E-state index in [-0.39, 0.29) is 0 Å². The monoisotopic (exact) mass is 600 g/mol. The van der Waals surface area contributed by atoms with E-state index in [9.17, 15) is 0 Å². The van der Waals surface area contributed by atoms with Crippen molar-refractivity contribution < 1.29 is 0 Å². The maximum Gasteiger partial charge on any atom is 0.146 e. The van der Waals surface area contributed by atoms with Gasteiger partial charge in [0.15, 0.2) is 0 Å². The highest BCUT2D eigenvalue weighted by atomic mass is 15.0. The maximum absolute atomic E-state index is 5.16. The van der Waals surface area contributed by atoms with Gasteiger partial charge in [0.2, 0.25) is 0 Å². The minimum Gasteiger partial charge on any atom is -0.309 e. The number of hydrogen-bond donors (Lipinski definition) is 0. The number of nitrogens with zero attached hydrogens (tertiary/aromatic N) is 6. The lowest BCUT2D eigenvalue weighted by Gasteiger charge is -2.13. The summed E-state index contributed by atoms with van der Waals surface area (Å²) < 4.78 is 7.06. The Morgan fingerprint density at radius 1 is 0.426 bits per heavy atom. The Morgan fingerprint density at radius 3 is 1.96 bits per heavy atom. The number of hydrogen-bond acceptors (Lipinski definition) is 3. The number of para-hydroxylation sites is 3. The molecule has 6 nitrogen and oxygen atoms in total. The first kappa shape index (κ1) is 24.8. The summed E-state index contributed by atoms with van der Waals surface area (Å²) in [5.74, 6) is 0. The lowest BCUT2D eigenvalue weighted by atomic mass is 10.0. The maximum atomic E-state index is 5.16. The summed E-state index contributed by atoms with van der Waals surface area (Å²) in [5, 5.41) is 8.18. The molecule has 0 aliphatic heterocycles. The SMILES string of the molecule is c1ccc(-n2c3ccccc3c3cc4c5ccc6c(c7cnccc7n7c8cnccc8nc67)c5n(-c5ccccc5)c4cc32)cc1. The van der Waals surface area contributed by atoms with Gasteiger partial charge in [-0.2, -0.15) is 0 Å². The highest BCUT2D eigenvalue weighted by Crippen LogP contribution is 2.44. The fraction of sp³-hybridized carbons (Fsp3) is 0. The molecule has 6 heteroatoms. The molecular weight excluding hydrogens is 576 g/mol. The van der Waals surface area contributed by atoms with Crippen molar-refractivity contribution >= 4 is 82.0 Å². The summed E-state index contributed by atoms with van der Waals surface area (Å²) in [7, 11) is 0. The van der Waals surface area contributed by atoms with Crippen LogP contribution >= 0.6 is 0 Å². The summed E-state index contributed by atoms with van der Waals surface area (Å²) >= 11 is 0. The van der Waals surface area contributed by atoms with Crippen LogP contribution in [0.25, 0.3) is 93.3 Å². The van der Waals surface area contributed by atoms with Crippen LogP contribution in [0.3, 0.4) is 0 Å². The van der Waals surface area contributed by atoms with Crippen LogP contribution in [-0.4, -0.2) is 28.5 Å². The fourth-order valence-corrected chi connectivity index (χ4v) is 7.85. The standard InChI is InChI=1S/C41H24N6/c1-3-9-25(10-4-1)45-34-14-8-7-13-27(34)30-21-31-28-15-16-29-39(40(28)46(37(31)22-36(30)45)26-11-5-2-6-12-26)32-23-42-20-18-35(32)47-38-24-43-19-17-33(38)44-41(29)47/h1-24H. The number of imidazole rings is 1. The van der Waals surface area contributed by atoms with Crippen molar-refractivity contribution in [1.29, 1.82) is 0 Å². The van der Waals surface area contributed by atoms with Crippen LogP contribution in [0.4, 0.5) is 0 Å². The minimum absolute atomic E-state index is 0.917. The van der Waals surface area contributed by atoms with Gasteiger partial charge in [-0.25, -0.2) is 4.98 Å². The fourth-order valence-electron chi connectivity index (χ4n) is 7.85. The third kappa shape index (κ3) is 3.21. The van der Waals surface area contributed by atoms with Crippen molar-refractivity contribution in [2.75, 3.05) is 0 Å². The molecule has 6 aromatic heterocycles. The highest BCUT2D eigenvalue weighted by Gasteiger charge is 2.23. The average Bonchev–Trinajstić information content (AvgIpc) is 3.79. The first-order valence-electron chi connectivity index (χ1n) is 15.8. The van der Waals surface area contributed by atoms with Crippen LogP contribution in [-0.2, 0) is 0 Å². The van der Waals surface area contributed by atoms with E-state index in [1.807, 2.05) is 30.9 Å². The molecule has 218 valence electrons. The molecule has 0 bridgehead atoms.